The maximum Gasteiger partial charge on any atom is 0.270 e. The average molecular weight is 238 g/mol. The molecule has 1 N–H and O–H groups in total. The molecule has 0 aliphatic carbocycles. The van der Waals surface area contributed by atoms with Crippen LogP contribution in [0.5, 0.6) is 5.75 Å². The van der Waals surface area contributed by atoms with Crippen LogP contribution < -0.4 is 10.1 Å². The largest absolute Gasteiger partial charge is 0.496 e. The van der Waals surface area contributed by atoms with Gasteiger partial charge in [-0.25, -0.2) is 0 Å². The van der Waals surface area contributed by atoms with E-state index in [1.54, 1.807) is 13.2 Å². The highest BCUT2D eigenvalue weighted by molar-refractivity contribution is 5.45. The van der Waals surface area contributed by atoms with Crippen molar-refractivity contribution >= 4 is 5.69 Å². The fourth-order valence-electron chi connectivity index (χ4n) is 1.85. The molecule has 6 nitrogen and oxygen atoms in total. The zero-order chi connectivity index (χ0) is 12.3. The second-order valence-electron chi connectivity index (χ2n) is 3.75. The predicted octanol–water partition coefficient (Wildman–Crippen LogP) is 1.26. The number of nitro benzene ring substituents is 1. The number of non-ortho nitro benzene ring substituents is 1. The summed E-state index contributed by atoms with van der Waals surface area (Å²) in [6.45, 7) is 2.03. The Morgan fingerprint density at radius 2 is 2.41 bits per heavy atom. The van der Waals surface area contributed by atoms with E-state index in [2.05, 4.69) is 5.32 Å². The van der Waals surface area contributed by atoms with Crippen LogP contribution in [0.25, 0.3) is 0 Å². The molecule has 1 unspecified atom stereocenters. The van der Waals surface area contributed by atoms with Gasteiger partial charge in [-0.3, -0.25) is 10.1 Å². The monoisotopic (exact) mass is 238 g/mol. The highest BCUT2D eigenvalue weighted by Gasteiger charge is 2.22. The zero-order valence-corrected chi connectivity index (χ0v) is 9.51. The van der Waals surface area contributed by atoms with Gasteiger partial charge in [0.25, 0.3) is 5.69 Å². The van der Waals surface area contributed by atoms with Crippen molar-refractivity contribution in [3.63, 3.8) is 0 Å². The first-order valence-electron chi connectivity index (χ1n) is 5.37. The van der Waals surface area contributed by atoms with E-state index in [0.29, 0.717) is 24.5 Å². The van der Waals surface area contributed by atoms with E-state index in [9.17, 15) is 10.1 Å². The van der Waals surface area contributed by atoms with Gasteiger partial charge < -0.3 is 14.8 Å². The summed E-state index contributed by atoms with van der Waals surface area (Å²) in [7, 11) is 1.54. The highest BCUT2D eigenvalue weighted by Crippen LogP contribution is 2.31. The van der Waals surface area contributed by atoms with Crippen LogP contribution in [0, 0.1) is 10.1 Å². The Kier molecular flexibility index (Phi) is 3.55. The molecule has 1 saturated heterocycles. The fraction of sp³-hybridized carbons (Fsp3) is 0.455. The zero-order valence-electron chi connectivity index (χ0n) is 9.51. The summed E-state index contributed by atoms with van der Waals surface area (Å²) >= 11 is 0. The fourth-order valence-corrected chi connectivity index (χ4v) is 1.85. The molecule has 0 amide bonds. The number of ether oxygens (including phenoxy) is 2. The number of benzene rings is 1. The molecule has 0 bridgehead atoms. The molecule has 1 aromatic rings. The number of hydrogen-bond donors (Lipinski definition) is 1. The minimum atomic E-state index is -0.417. The van der Waals surface area contributed by atoms with Crippen molar-refractivity contribution in [1.82, 2.24) is 5.32 Å². The van der Waals surface area contributed by atoms with Gasteiger partial charge in [-0.1, -0.05) is 0 Å². The van der Waals surface area contributed by atoms with Gasteiger partial charge in [0.15, 0.2) is 0 Å². The number of rotatable bonds is 3. The lowest BCUT2D eigenvalue weighted by atomic mass is 10.1. The molecular weight excluding hydrogens is 224 g/mol. The van der Waals surface area contributed by atoms with Gasteiger partial charge in [-0.05, 0) is 6.07 Å². The Balaban J connectivity index is 2.34. The van der Waals surface area contributed by atoms with Crippen LogP contribution in [0.4, 0.5) is 5.69 Å². The Morgan fingerprint density at radius 1 is 1.59 bits per heavy atom. The first-order valence-corrected chi connectivity index (χ1v) is 5.37. The second kappa shape index (κ2) is 5.11. The van der Waals surface area contributed by atoms with Gasteiger partial charge in [-0.2, -0.15) is 0 Å². The van der Waals surface area contributed by atoms with Crippen molar-refractivity contribution < 1.29 is 14.4 Å². The third-order valence-electron chi connectivity index (χ3n) is 2.70. The van der Waals surface area contributed by atoms with E-state index in [4.69, 9.17) is 9.47 Å². The van der Waals surface area contributed by atoms with Gasteiger partial charge in [0, 0.05) is 30.8 Å². The van der Waals surface area contributed by atoms with Crippen LogP contribution >= 0.6 is 0 Å². The summed E-state index contributed by atoms with van der Waals surface area (Å²) < 4.78 is 10.8. The van der Waals surface area contributed by atoms with Gasteiger partial charge in [0.2, 0.25) is 0 Å². The SMILES string of the molecule is COc1ccc([N+](=O)[O-])cc1C1CNCCO1. The molecule has 0 saturated carbocycles. The summed E-state index contributed by atoms with van der Waals surface area (Å²) in [4.78, 5) is 10.3. The standard InChI is InChI=1S/C11H14N2O4/c1-16-10-3-2-8(13(14)15)6-9(10)11-7-12-4-5-17-11/h2-3,6,11-12H,4-5,7H2,1H3. The lowest BCUT2D eigenvalue weighted by molar-refractivity contribution is -0.385. The first kappa shape index (κ1) is 11.8. The highest BCUT2D eigenvalue weighted by atomic mass is 16.6. The molecule has 0 radical (unpaired) electrons. The molecule has 1 fully saturated rings. The minimum Gasteiger partial charge on any atom is -0.496 e. The van der Waals surface area contributed by atoms with E-state index < -0.39 is 4.92 Å². The topological polar surface area (TPSA) is 73.6 Å². The quantitative estimate of drug-likeness (QED) is 0.634. The lowest BCUT2D eigenvalue weighted by Gasteiger charge is -2.25. The molecule has 1 heterocycles. The van der Waals surface area contributed by atoms with Crippen LogP contribution in [0.2, 0.25) is 0 Å². The first-order chi connectivity index (χ1) is 8.22. The van der Waals surface area contributed by atoms with Crippen molar-refractivity contribution in [3.05, 3.63) is 33.9 Å². The Bertz CT molecular complexity index is 416. The maximum absolute atomic E-state index is 10.7. The molecule has 1 aliphatic rings. The van der Waals surface area contributed by atoms with Crippen molar-refractivity contribution in [2.24, 2.45) is 0 Å². The van der Waals surface area contributed by atoms with Crippen molar-refractivity contribution in [2.75, 3.05) is 26.8 Å². The van der Waals surface area contributed by atoms with E-state index >= 15 is 0 Å². The smallest absolute Gasteiger partial charge is 0.270 e. The number of nitro groups is 1. The van der Waals surface area contributed by atoms with Gasteiger partial charge >= 0.3 is 0 Å². The Labute approximate surface area is 98.7 Å². The van der Waals surface area contributed by atoms with Crippen LogP contribution in [0.3, 0.4) is 0 Å². The number of nitrogens with one attached hydrogen (secondary N) is 1. The molecule has 17 heavy (non-hydrogen) atoms. The molecule has 0 aromatic heterocycles. The van der Waals surface area contributed by atoms with Crippen LogP contribution in [0.15, 0.2) is 18.2 Å². The predicted molar refractivity (Wildman–Crippen MR) is 61.2 cm³/mol. The molecule has 92 valence electrons. The van der Waals surface area contributed by atoms with E-state index in [-0.39, 0.29) is 11.8 Å². The van der Waals surface area contributed by atoms with Crippen molar-refractivity contribution in [2.45, 2.75) is 6.10 Å². The van der Waals surface area contributed by atoms with Gasteiger partial charge in [-0.15, -0.1) is 0 Å². The number of hydrogen-bond acceptors (Lipinski definition) is 5. The molecule has 1 atom stereocenters. The van der Waals surface area contributed by atoms with E-state index in [0.717, 1.165) is 6.54 Å². The normalized spacial score (nSPS) is 19.9. The van der Waals surface area contributed by atoms with Crippen LogP contribution in [-0.2, 0) is 4.74 Å². The van der Waals surface area contributed by atoms with Crippen LogP contribution in [-0.4, -0.2) is 31.7 Å². The molecule has 1 aromatic carbocycles. The van der Waals surface area contributed by atoms with Gasteiger partial charge in [0.1, 0.15) is 5.75 Å². The van der Waals surface area contributed by atoms with Gasteiger partial charge in [0.05, 0.1) is 24.7 Å². The van der Waals surface area contributed by atoms with Crippen molar-refractivity contribution in [3.8, 4) is 5.75 Å². The lowest BCUT2D eigenvalue weighted by Crippen LogP contribution is -2.33. The average Bonchev–Trinajstić information content (AvgIpc) is 2.39. The summed E-state index contributed by atoms with van der Waals surface area (Å²) in [5.74, 6) is 0.615. The second-order valence-corrected chi connectivity index (χ2v) is 3.75. The maximum atomic E-state index is 10.7. The number of morpholine rings is 1. The molecule has 0 spiro atoms. The van der Waals surface area contributed by atoms with E-state index in [1.165, 1.54) is 12.1 Å². The minimum absolute atomic E-state index is 0.0509. The summed E-state index contributed by atoms with van der Waals surface area (Å²) in [6.07, 6.45) is -0.196. The third-order valence-corrected chi connectivity index (χ3v) is 2.70. The summed E-state index contributed by atoms with van der Waals surface area (Å²) in [6, 6.07) is 4.54. The Hall–Kier alpha value is -1.66. The third kappa shape index (κ3) is 2.54. The summed E-state index contributed by atoms with van der Waals surface area (Å²) in [5, 5.41) is 13.9. The van der Waals surface area contributed by atoms with Crippen LogP contribution in [0.1, 0.15) is 11.7 Å². The number of nitrogens with zero attached hydrogens (tertiary/aromatic N) is 1. The molecule has 2 rings (SSSR count). The molecule has 1 aliphatic heterocycles. The number of methoxy groups -OCH3 is 1. The van der Waals surface area contributed by atoms with E-state index in [1.807, 2.05) is 0 Å². The molecule has 6 heteroatoms. The molecular formula is C11H14N2O4. The van der Waals surface area contributed by atoms with Crippen molar-refractivity contribution in [1.29, 1.82) is 0 Å². The summed E-state index contributed by atoms with van der Waals surface area (Å²) in [5.41, 5.74) is 0.767. The Morgan fingerprint density at radius 3 is 3.00 bits per heavy atom.